The SMILES string of the molecule is Fc1ccc(Nc2nncc(NCCc3cccc(Cl)c3)n2)c(F)c1. The summed E-state index contributed by atoms with van der Waals surface area (Å²) in [5.74, 6) is -0.790. The molecule has 0 radical (unpaired) electrons. The minimum absolute atomic E-state index is 0.0688. The Balaban J connectivity index is 1.61. The highest BCUT2D eigenvalue weighted by atomic mass is 35.5. The lowest BCUT2D eigenvalue weighted by molar-refractivity contribution is 0.586. The van der Waals surface area contributed by atoms with Gasteiger partial charge >= 0.3 is 0 Å². The Kier molecular flexibility index (Phi) is 5.35. The summed E-state index contributed by atoms with van der Waals surface area (Å²) in [5.41, 5.74) is 1.16. The van der Waals surface area contributed by atoms with Gasteiger partial charge in [-0.25, -0.2) is 8.78 Å². The molecule has 0 aliphatic carbocycles. The van der Waals surface area contributed by atoms with E-state index in [1.165, 1.54) is 12.3 Å². The van der Waals surface area contributed by atoms with Crippen LogP contribution in [0.15, 0.2) is 48.7 Å². The van der Waals surface area contributed by atoms with E-state index < -0.39 is 11.6 Å². The summed E-state index contributed by atoms with van der Waals surface area (Å²) in [5, 5.41) is 14.1. The number of nitrogens with one attached hydrogen (secondary N) is 2. The fourth-order valence-corrected chi connectivity index (χ4v) is 2.39. The molecule has 0 spiro atoms. The monoisotopic (exact) mass is 361 g/mol. The highest BCUT2D eigenvalue weighted by molar-refractivity contribution is 6.30. The van der Waals surface area contributed by atoms with Crippen LogP contribution in [-0.2, 0) is 6.42 Å². The Morgan fingerprint density at radius 1 is 1.08 bits per heavy atom. The van der Waals surface area contributed by atoms with Crippen LogP contribution in [0.25, 0.3) is 0 Å². The lowest BCUT2D eigenvalue weighted by atomic mass is 10.1. The zero-order valence-corrected chi connectivity index (χ0v) is 13.8. The van der Waals surface area contributed by atoms with Gasteiger partial charge in [0.2, 0.25) is 5.95 Å². The second kappa shape index (κ2) is 7.85. The minimum atomic E-state index is -0.733. The largest absolute Gasteiger partial charge is 0.368 e. The summed E-state index contributed by atoms with van der Waals surface area (Å²) in [4.78, 5) is 4.20. The molecule has 1 heterocycles. The molecule has 0 fully saturated rings. The maximum atomic E-state index is 13.7. The van der Waals surface area contributed by atoms with Gasteiger partial charge in [-0.1, -0.05) is 23.7 Å². The van der Waals surface area contributed by atoms with Crippen LogP contribution in [0.4, 0.5) is 26.2 Å². The van der Waals surface area contributed by atoms with Gasteiger partial charge in [0, 0.05) is 17.6 Å². The molecule has 2 N–H and O–H groups in total. The molecule has 2 aromatic carbocycles. The first-order valence-corrected chi connectivity index (χ1v) is 7.88. The van der Waals surface area contributed by atoms with E-state index in [-0.39, 0.29) is 11.6 Å². The molecule has 5 nitrogen and oxygen atoms in total. The summed E-state index contributed by atoms with van der Waals surface area (Å²) >= 11 is 5.95. The van der Waals surface area contributed by atoms with Crippen LogP contribution in [0.5, 0.6) is 0 Å². The molecule has 0 aliphatic heterocycles. The molecule has 0 unspecified atom stereocenters. The number of rotatable bonds is 6. The van der Waals surface area contributed by atoms with Crippen molar-refractivity contribution in [3.63, 3.8) is 0 Å². The Morgan fingerprint density at radius 3 is 2.76 bits per heavy atom. The molecular formula is C17H14ClF2N5. The molecule has 1 aromatic heterocycles. The number of benzene rings is 2. The fourth-order valence-electron chi connectivity index (χ4n) is 2.18. The smallest absolute Gasteiger partial charge is 0.249 e. The van der Waals surface area contributed by atoms with Crippen molar-refractivity contribution in [2.24, 2.45) is 0 Å². The summed E-state index contributed by atoms with van der Waals surface area (Å²) < 4.78 is 26.6. The van der Waals surface area contributed by atoms with E-state index in [0.717, 1.165) is 24.1 Å². The lowest BCUT2D eigenvalue weighted by Crippen LogP contribution is -2.09. The van der Waals surface area contributed by atoms with Crippen LogP contribution in [0.2, 0.25) is 5.02 Å². The third-order valence-corrected chi connectivity index (χ3v) is 3.58. The number of hydrogen-bond donors (Lipinski definition) is 2. The summed E-state index contributed by atoms with van der Waals surface area (Å²) in [6.07, 6.45) is 2.21. The first-order valence-electron chi connectivity index (χ1n) is 7.50. The van der Waals surface area contributed by atoms with Crippen molar-refractivity contribution < 1.29 is 8.78 Å². The molecule has 3 aromatic rings. The van der Waals surface area contributed by atoms with Crippen molar-refractivity contribution in [3.8, 4) is 0 Å². The summed E-state index contributed by atoms with van der Waals surface area (Å²) in [7, 11) is 0. The fraction of sp³-hybridized carbons (Fsp3) is 0.118. The molecule has 0 aliphatic rings. The van der Waals surface area contributed by atoms with Crippen molar-refractivity contribution in [2.45, 2.75) is 6.42 Å². The van der Waals surface area contributed by atoms with Crippen LogP contribution in [0, 0.1) is 11.6 Å². The van der Waals surface area contributed by atoms with Gasteiger partial charge in [0.1, 0.15) is 11.6 Å². The van der Waals surface area contributed by atoms with Crippen LogP contribution in [0.3, 0.4) is 0 Å². The Bertz CT molecular complexity index is 875. The Labute approximate surface area is 148 Å². The molecule has 0 atom stereocenters. The van der Waals surface area contributed by atoms with Crippen molar-refractivity contribution >= 4 is 29.1 Å². The molecular weight excluding hydrogens is 348 g/mol. The van der Waals surface area contributed by atoms with Gasteiger partial charge in [-0.15, -0.1) is 5.10 Å². The van der Waals surface area contributed by atoms with Gasteiger partial charge in [0.25, 0.3) is 0 Å². The minimum Gasteiger partial charge on any atom is -0.368 e. The molecule has 8 heteroatoms. The van der Waals surface area contributed by atoms with E-state index in [1.807, 2.05) is 24.3 Å². The zero-order chi connectivity index (χ0) is 17.6. The van der Waals surface area contributed by atoms with Crippen LogP contribution >= 0.6 is 11.6 Å². The Hall–Kier alpha value is -2.80. The molecule has 3 rings (SSSR count). The van der Waals surface area contributed by atoms with Gasteiger partial charge < -0.3 is 10.6 Å². The highest BCUT2D eigenvalue weighted by Crippen LogP contribution is 2.18. The van der Waals surface area contributed by atoms with Gasteiger partial charge in [0.15, 0.2) is 5.82 Å². The van der Waals surface area contributed by atoms with Crippen molar-refractivity contribution in [1.29, 1.82) is 0 Å². The number of halogens is 3. The lowest BCUT2D eigenvalue weighted by Gasteiger charge is -2.08. The van der Waals surface area contributed by atoms with E-state index in [0.29, 0.717) is 17.4 Å². The second-order valence-electron chi connectivity index (χ2n) is 5.22. The van der Waals surface area contributed by atoms with E-state index in [1.54, 1.807) is 0 Å². The van der Waals surface area contributed by atoms with Crippen LogP contribution < -0.4 is 10.6 Å². The average Bonchev–Trinajstić information content (AvgIpc) is 2.58. The third kappa shape index (κ3) is 4.84. The van der Waals surface area contributed by atoms with E-state index in [2.05, 4.69) is 25.8 Å². The van der Waals surface area contributed by atoms with Gasteiger partial charge in [-0.05, 0) is 36.2 Å². The number of aromatic nitrogens is 3. The zero-order valence-electron chi connectivity index (χ0n) is 13.0. The average molecular weight is 362 g/mol. The number of hydrogen-bond acceptors (Lipinski definition) is 5. The Morgan fingerprint density at radius 2 is 1.96 bits per heavy atom. The topological polar surface area (TPSA) is 62.7 Å². The predicted molar refractivity (Wildman–Crippen MR) is 93.1 cm³/mol. The molecule has 25 heavy (non-hydrogen) atoms. The maximum Gasteiger partial charge on any atom is 0.249 e. The van der Waals surface area contributed by atoms with Crippen molar-refractivity contribution in [2.75, 3.05) is 17.2 Å². The standard InChI is InChI=1S/C17H14ClF2N5/c18-12-3-1-2-11(8-12)6-7-21-16-10-22-25-17(24-16)23-15-5-4-13(19)9-14(15)20/h1-5,8-10H,6-7H2,(H2,21,23,24,25). The van der Waals surface area contributed by atoms with E-state index in [4.69, 9.17) is 11.6 Å². The molecule has 128 valence electrons. The second-order valence-corrected chi connectivity index (χ2v) is 5.66. The highest BCUT2D eigenvalue weighted by Gasteiger charge is 2.07. The molecule has 0 amide bonds. The molecule has 0 saturated carbocycles. The quantitative estimate of drug-likeness (QED) is 0.689. The molecule has 0 saturated heterocycles. The van der Waals surface area contributed by atoms with E-state index >= 15 is 0 Å². The number of nitrogens with zero attached hydrogens (tertiary/aromatic N) is 3. The normalized spacial score (nSPS) is 10.5. The summed E-state index contributed by atoms with van der Waals surface area (Å²) in [6.45, 7) is 0.614. The van der Waals surface area contributed by atoms with Crippen LogP contribution in [0.1, 0.15) is 5.56 Å². The predicted octanol–water partition coefficient (Wildman–Crippen LogP) is 4.20. The van der Waals surface area contributed by atoms with Crippen molar-refractivity contribution in [1.82, 2.24) is 15.2 Å². The maximum absolute atomic E-state index is 13.7. The first-order chi connectivity index (χ1) is 12.1. The van der Waals surface area contributed by atoms with Gasteiger partial charge in [-0.3, -0.25) is 0 Å². The molecule has 0 bridgehead atoms. The first kappa shape index (κ1) is 17.0. The van der Waals surface area contributed by atoms with Gasteiger partial charge in [0.05, 0.1) is 11.9 Å². The van der Waals surface area contributed by atoms with Crippen LogP contribution in [-0.4, -0.2) is 21.7 Å². The number of anilines is 3. The van der Waals surface area contributed by atoms with Gasteiger partial charge in [-0.2, -0.15) is 10.1 Å². The summed E-state index contributed by atoms with van der Waals surface area (Å²) in [6, 6.07) is 10.8. The third-order valence-electron chi connectivity index (χ3n) is 3.35. The van der Waals surface area contributed by atoms with E-state index in [9.17, 15) is 8.78 Å². The van der Waals surface area contributed by atoms with Crippen molar-refractivity contribution in [3.05, 3.63) is 70.9 Å².